The smallest absolute Gasteiger partial charge is 0.352 e. The lowest BCUT2D eigenvalue weighted by molar-refractivity contribution is -0.134. The van der Waals surface area contributed by atoms with Crippen LogP contribution in [-0.4, -0.2) is 30.1 Å². The van der Waals surface area contributed by atoms with Crippen molar-refractivity contribution in [2.24, 2.45) is 5.92 Å². The summed E-state index contributed by atoms with van der Waals surface area (Å²) >= 11 is 0. The van der Waals surface area contributed by atoms with Gasteiger partial charge >= 0.3 is 5.97 Å². The second-order valence-corrected chi connectivity index (χ2v) is 3.46. The van der Waals surface area contributed by atoms with Crippen LogP contribution in [0.15, 0.2) is 23.9 Å². The van der Waals surface area contributed by atoms with Gasteiger partial charge in [-0.1, -0.05) is 26.0 Å². The molecule has 0 aliphatic heterocycles. The summed E-state index contributed by atoms with van der Waals surface area (Å²) in [5, 5.41) is 8.82. The van der Waals surface area contributed by atoms with E-state index < -0.39 is 5.97 Å². The van der Waals surface area contributed by atoms with Crippen molar-refractivity contribution in [1.82, 2.24) is 4.90 Å². The fourth-order valence-corrected chi connectivity index (χ4v) is 0.724. The summed E-state index contributed by atoms with van der Waals surface area (Å²) < 4.78 is 0. The number of carbonyl (C=O) groups is 1. The summed E-state index contributed by atoms with van der Waals surface area (Å²) in [5.41, 5.74) is 1.09. The average molecular weight is 183 g/mol. The molecule has 13 heavy (non-hydrogen) atoms. The molecule has 0 aromatic rings. The Bertz CT molecular complexity index is 239. The number of likely N-dealkylation sites (N-methyl/N-ethyl adjacent to an activating group) is 1. The maximum Gasteiger partial charge on any atom is 0.352 e. The van der Waals surface area contributed by atoms with Crippen LogP contribution >= 0.6 is 0 Å². The van der Waals surface area contributed by atoms with Crippen molar-refractivity contribution in [3.63, 3.8) is 0 Å². The number of aliphatic carboxylic acids is 1. The third-order valence-corrected chi connectivity index (χ3v) is 1.76. The molecule has 0 unspecified atom stereocenters. The van der Waals surface area contributed by atoms with Crippen molar-refractivity contribution >= 4 is 5.97 Å². The van der Waals surface area contributed by atoms with E-state index in [1.807, 2.05) is 13.8 Å². The SMILES string of the molecule is C=C(/C=C(/C(=O)O)N(C)C)C(C)C. The number of hydrogen-bond acceptors (Lipinski definition) is 2. The number of nitrogens with zero attached hydrogens (tertiary/aromatic N) is 1. The van der Waals surface area contributed by atoms with Crippen LogP contribution in [0, 0.1) is 5.92 Å². The molecular formula is C10H17NO2. The molecule has 0 radical (unpaired) electrons. The molecule has 0 saturated carbocycles. The lowest BCUT2D eigenvalue weighted by Crippen LogP contribution is -2.19. The van der Waals surface area contributed by atoms with Crippen molar-refractivity contribution in [3.05, 3.63) is 23.9 Å². The van der Waals surface area contributed by atoms with E-state index in [4.69, 9.17) is 5.11 Å². The molecule has 0 spiro atoms. The van der Waals surface area contributed by atoms with E-state index >= 15 is 0 Å². The molecule has 0 aliphatic rings. The van der Waals surface area contributed by atoms with Crippen molar-refractivity contribution in [1.29, 1.82) is 0 Å². The van der Waals surface area contributed by atoms with E-state index in [1.54, 1.807) is 25.1 Å². The van der Waals surface area contributed by atoms with Gasteiger partial charge in [0.05, 0.1) is 0 Å². The zero-order valence-corrected chi connectivity index (χ0v) is 8.66. The number of carboxylic acids is 1. The minimum Gasteiger partial charge on any atom is -0.477 e. The average Bonchev–Trinajstić information content (AvgIpc) is 1.97. The predicted molar refractivity (Wildman–Crippen MR) is 53.4 cm³/mol. The fourth-order valence-electron chi connectivity index (χ4n) is 0.724. The molecule has 3 heteroatoms. The molecule has 0 saturated heterocycles. The second-order valence-electron chi connectivity index (χ2n) is 3.46. The fraction of sp³-hybridized carbons (Fsp3) is 0.500. The Kier molecular flexibility index (Phi) is 4.25. The molecule has 0 aromatic heterocycles. The number of allylic oxidation sites excluding steroid dienone is 2. The van der Waals surface area contributed by atoms with Gasteiger partial charge in [-0.15, -0.1) is 0 Å². The molecule has 1 N–H and O–H groups in total. The lowest BCUT2D eigenvalue weighted by Gasteiger charge is -2.14. The van der Waals surface area contributed by atoms with Crippen LogP contribution < -0.4 is 0 Å². The Morgan fingerprint density at radius 3 is 2.15 bits per heavy atom. The number of carboxylic acid groups (broad SMARTS) is 1. The van der Waals surface area contributed by atoms with E-state index in [0.29, 0.717) is 0 Å². The van der Waals surface area contributed by atoms with Gasteiger partial charge in [-0.25, -0.2) is 4.79 Å². The number of hydrogen-bond donors (Lipinski definition) is 1. The first-order valence-corrected chi connectivity index (χ1v) is 4.17. The molecule has 0 atom stereocenters. The Morgan fingerprint density at radius 1 is 1.46 bits per heavy atom. The van der Waals surface area contributed by atoms with Crippen LogP contribution in [0.4, 0.5) is 0 Å². The van der Waals surface area contributed by atoms with Crippen molar-refractivity contribution in [2.45, 2.75) is 13.8 Å². The number of rotatable bonds is 4. The van der Waals surface area contributed by atoms with Gasteiger partial charge in [-0.2, -0.15) is 0 Å². The van der Waals surface area contributed by atoms with Gasteiger partial charge < -0.3 is 10.0 Å². The minimum absolute atomic E-state index is 0.263. The molecule has 0 amide bonds. The van der Waals surface area contributed by atoms with Gasteiger partial charge in [0.2, 0.25) is 0 Å². The summed E-state index contributed by atoms with van der Waals surface area (Å²) in [6, 6.07) is 0. The summed E-state index contributed by atoms with van der Waals surface area (Å²) in [6.45, 7) is 7.75. The van der Waals surface area contributed by atoms with E-state index in [1.165, 1.54) is 0 Å². The largest absolute Gasteiger partial charge is 0.477 e. The highest BCUT2D eigenvalue weighted by atomic mass is 16.4. The van der Waals surface area contributed by atoms with Crippen LogP contribution in [0.5, 0.6) is 0 Å². The molecular weight excluding hydrogens is 166 g/mol. The molecule has 0 aliphatic carbocycles. The summed E-state index contributed by atoms with van der Waals surface area (Å²) in [4.78, 5) is 12.3. The van der Waals surface area contributed by atoms with E-state index in [9.17, 15) is 4.79 Å². The third-order valence-electron chi connectivity index (χ3n) is 1.76. The van der Waals surface area contributed by atoms with E-state index in [0.717, 1.165) is 5.57 Å². The molecule has 74 valence electrons. The van der Waals surface area contributed by atoms with E-state index in [-0.39, 0.29) is 11.6 Å². The Hall–Kier alpha value is -1.25. The maximum atomic E-state index is 10.7. The van der Waals surface area contributed by atoms with Crippen molar-refractivity contribution in [2.75, 3.05) is 14.1 Å². The predicted octanol–water partition coefficient (Wildman–Crippen LogP) is 1.73. The van der Waals surface area contributed by atoms with Crippen molar-refractivity contribution in [3.8, 4) is 0 Å². The first kappa shape index (κ1) is 11.8. The van der Waals surface area contributed by atoms with Crippen LogP contribution in [-0.2, 0) is 4.79 Å². The monoisotopic (exact) mass is 183 g/mol. The van der Waals surface area contributed by atoms with Gasteiger partial charge in [-0.3, -0.25) is 0 Å². The standard InChI is InChI=1S/C10H17NO2/c1-7(2)8(3)6-9(10(12)13)11(4)5/h6-7H,3H2,1-2,4-5H3,(H,12,13)/b9-6-. The normalized spacial score (nSPS) is 11.6. The van der Waals surface area contributed by atoms with Gasteiger partial charge in [-0.05, 0) is 12.0 Å². The molecule has 0 aromatic carbocycles. The van der Waals surface area contributed by atoms with Gasteiger partial charge in [0, 0.05) is 14.1 Å². The Labute approximate surface area is 79.4 Å². The highest BCUT2D eigenvalue weighted by Crippen LogP contribution is 2.12. The Balaban J connectivity index is 4.74. The molecule has 0 heterocycles. The molecule has 0 fully saturated rings. The summed E-state index contributed by atoms with van der Waals surface area (Å²) in [6.07, 6.45) is 1.60. The quantitative estimate of drug-likeness (QED) is 0.533. The first-order chi connectivity index (χ1) is 5.86. The van der Waals surface area contributed by atoms with Gasteiger partial charge in [0.25, 0.3) is 0 Å². The molecule has 0 rings (SSSR count). The highest BCUT2D eigenvalue weighted by molar-refractivity contribution is 5.86. The second kappa shape index (κ2) is 4.70. The van der Waals surface area contributed by atoms with Crippen LogP contribution in [0.25, 0.3) is 0 Å². The lowest BCUT2D eigenvalue weighted by atomic mass is 10.0. The highest BCUT2D eigenvalue weighted by Gasteiger charge is 2.10. The zero-order valence-electron chi connectivity index (χ0n) is 8.66. The topological polar surface area (TPSA) is 40.5 Å². The van der Waals surface area contributed by atoms with Crippen LogP contribution in [0.3, 0.4) is 0 Å². The maximum absolute atomic E-state index is 10.7. The molecule has 3 nitrogen and oxygen atoms in total. The first-order valence-electron chi connectivity index (χ1n) is 4.17. The van der Waals surface area contributed by atoms with Crippen molar-refractivity contribution < 1.29 is 9.90 Å². The van der Waals surface area contributed by atoms with Crippen LogP contribution in [0.2, 0.25) is 0 Å². The zero-order chi connectivity index (χ0) is 10.6. The van der Waals surface area contributed by atoms with Crippen LogP contribution in [0.1, 0.15) is 13.8 Å². The van der Waals surface area contributed by atoms with Gasteiger partial charge in [0.15, 0.2) is 0 Å². The van der Waals surface area contributed by atoms with E-state index in [2.05, 4.69) is 6.58 Å². The molecule has 0 bridgehead atoms. The summed E-state index contributed by atoms with van der Waals surface area (Å²) in [7, 11) is 3.40. The summed E-state index contributed by atoms with van der Waals surface area (Å²) in [5.74, 6) is -0.652. The minimum atomic E-state index is -0.924. The Morgan fingerprint density at radius 2 is 1.92 bits per heavy atom. The van der Waals surface area contributed by atoms with Gasteiger partial charge in [0.1, 0.15) is 5.70 Å². The third kappa shape index (κ3) is 3.78.